The van der Waals surface area contributed by atoms with E-state index in [9.17, 15) is 27.1 Å². The minimum atomic E-state index is -4.69. The molecule has 0 spiro atoms. The van der Waals surface area contributed by atoms with Crippen molar-refractivity contribution in [2.24, 2.45) is 5.73 Å². The van der Waals surface area contributed by atoms with Gasteiger partial charge in [-0.3, -0.25) is 0 Å². The molecule has 17 heavy (non-hydrogen) atoms. The fraction of sp³-hybridized carbons (Fsp3) is 0.400. The van der Waals surface area contributed by atoms with E-state index in [2.05, 4.69) is 0 Å². The molecule has 1 aromatic carbocycles. The smallest absolute Gasteiger partial charge is 0.388 e. The van der Waals surface area contributed by atoms with Gasteiger partial charge in [-0.1, -0.05) is 0 Å². The summed E-state index contributed by atoms with van der Waals surface area (Å²) >= 11 is 0. The number of benzene rings is 1. The Labute approximate surface area is 93.9 Å². The Kier molecular flexibility index (Phi) is 4.05. The van der Waals surface area contributed by atoms with Crippen molar-refractivity contribution in [2.45, 2.75) is 24.7 Å². The molecule has 3 N–H and O–H groups in total. The van der Waals surface area contributed by atoms with Crippen LogP contribution in [-0.4, -0.2) is 17.3 Å². The first-order valence-corrected chi connectivity index (χ1v) is 4.67. The van der Waals surface area contributed by atoms with Crippen molar-refractivity contribution in [1.29, 1.82) is 0 Å². The second kappa shape index (κ2) is 4.97. The summed E-state index contributed by atoms with van der Waals surface area (Å²) in [5, 5.41) is 9.37. The zero-order valence-corrected chi connectivity index (χ0v) is 8.51. The summed E-state index contributed by atoms with van der Waals surface area (Å²) in [5.74, 6) is -1.82. The van der Waals surface area contributed by atoms with Crippen LogP contribution < -0.4 is 5.73 Å². The van der Waals surface area contributed by atoms with Gasteiger partial charge in [0.25, 0.3) is 0 Å². The van der Waals surface area contributed by atoms with Crippen LogP contribution in [-0.2, 0) is 0 Å². The average Bonchev–Trinajstić information content (AvgIpc) is 2.20. The average molecular weight is 255 g/mol. The zero-order chi connectivity index (χ0) is 13.2. The molecule has 0 aromatic heterocycles. The van der Waals surface area contributed by atoms with Gasteiger partial charge < -0.3 is 10.8 Å². The Balaban J connectivity index is 2.83. The van der Waals surface area contributed by atoms with Crippen molar-refractivity contribution in [2.75, 3.05) is 0 Å². The predicted molar refractivity (Wildman–Crippen MR) is 50.0 cm³/mol. The number of halogens is 5. The third kappa shape index (κ3) is 3.64. The lowest BCUT2D eigenvalue weighted by Crippen LogP contribution is -2.38. The summed E-state index contributed by atoms with van der Waals surface area (Å²) < 4.78 is 62.2. The third-order valence-electron chi connectivity index (χ3n) is 2.21. The summed E-state index contributed by atoms with van der Waals surface area (Å²) in [6.07, 6.45) is -7.42. The van der Waals surface area contributed by atoms with E-state index in [1.807, 2.05) is 0 Å². The minimum Gasteiger partial charge on any atom is -0.388 e. The predicted octanol–water partition coefficient (Wildman–Crippen LogP) is 2.28. The molecule has 0 aliphatic heterocycles. The summed E-state index contributed by atoms with van der Waals surface area (Å²) in [6, 6.07) is -0.120. The second-order valence-electron chi connectivity index (χ2n) is 3.57. The van der Waals surface area contributed by atoms with E-state index in [1.165, 1.54) is 0 Å². The van der Waals surface area contributed by atoms with Gasteiger partial charge in [0.2, 0.25) is 0 Å². The second-order valence-corrected chi connectivity index (χ2v) is 3.57. The monoisotopic (exact) mass is 255 g/mol. The summed E-state index contributed by atoms with van der Waals surface area (Å²) in [6.45, 7) is 0. The highest BCUT2D eigenvalue weighted by molar-refractivity contribution is 5.21. The standard InChI is InChI=1S/C10H10F5NO/c11-5-1-2-7(12)6(3-5)8(17)4-9(16)10(13,14)15/h1-3,8-9,17H,4,16H2/t8-,9+/m1/s1. The Morgan fingerprint density at radius 1 is 1.24 bits per heavy atom. The van der Waals surface area contributed by atoms with Crippen molar-refractivity contribution in [3.8, 4) is 0 Å². The maximum atomic E-state index is 13.1. The normalized spacial score (nSPS) is 15.7. The topological polar surface area (TPSA) is 46.2 Å². The molecule has 96 valence electrons. The number of aliphatic hydroxyl groups is 1. The van der Waals surface area contributed by atoms with Crippen LogP contribution in [0.15, 0.2) is 18.2 Å². The molecule has 1 rings (SSSR count). The zero-order valence-electron chi connectivity index (χ0n) is 8.51. The van der Waals surface area contributed by atoms with Crippen molar-refractivity contribution >= 4 is 0 Å². The van der Waals surface area contributed by atoms with Gasteiger partial charge in [-0.15, -0.1) is 0 Å². The van der Waals surface area contributed by atoms with Crippen LogP contribution in [0.3, 0.4) is 0 Å². The van der Waals surface area contributed by atoms with Gasteiger partial charge in [-0.2, -0.15) is 13.2 Å². The lowest BCUT2D eigenvalue weighted by Gasteiger charge is -2.19. The lowest BCUT2D eigenvalue weighted by molar-refractivity contribution is -0.154. The van der Waals surface area contributed by atoms with Gasteiger partial charge >= 0.3 is 6.18 Å². The van der Waals surface area contributed by atoms with E-state index < -0.39 is 41.9 Å². The molecule has 0 heterocycles. The molecule has 0 bridgehead atoms. The number of aliphatic hydroxyl groups excluding tert-OH is 1. The molecule has 1 aromatic rings. The maximum Gasteiger partial charge on any atom is 0.403 e. The van der Waals surface area contributed by atoms with Crippen LogP contribution in [0.1, 0.15) is 18.1 Å². The molecule has 0 saturated carbocycles. The Morgan fingerprint density at radius 2 is 1.82 bits per heavy atom. The highest BCUT2D eigenvalue weighted by Crippen LogP contribution is 2.28. The summed E-state index contributed by atoms with van der Waals surface area (Å²) in [4.78, 5) is 0. The van der Waals surface area contributed by atoms with E-state index in [4.69, 9.17) is 5.73 Å². The molecule has 0 fully saturated rings. The van der Waals surface area contributed by atoms with Crippen molar-refractivity contribution < 1.29 is 27.1 Å². The van der Waals surface area contributed by atoms with Crippen LogP contribution in [0.4, 0.5) is 22.0 Å². The molecule has 0 unspecified atom stereocenters. The van der Waals surface area contributed by atoms with Crippen LogP contribution in [0.2, 0.25) is 0 Å². The van der Waals surface area contributed by atoms with Gasteiger partial charge in [-0.05, 0) is 18.2 Å². The number of alkyl halides is 3. The molecular weight excluding hydrogens is 245 g/mol. The molecule has 0 aliphatic carbocycles. The largest absolute Gasteiger partial charge is 0.403 e. The van der Waals surface area contributed by atoms with Gasteiger partial charge in [0, 0.05) is 12.0 Å². The Hall–Kier alpha value is -1.21. The molecule has 2 atom stereocenters. The number of hydrogen-bond acceptors (Lipinski definition) is 2. The maximum absolute atomic E-state index is 13.1. The van der Waals surface area contributed by atoms with Gasteiger partial charge in [-0.25, -0.2) is 8.78 Å². The molecule has 0 amide bonds. The molecule has 7 heteroatoms. The highest BCUT2D eigenvalue weighted by atomic mass is 19.4. The van der Waals surface area contributed by atoms with Crippen molar-refractivity contribution in [3.05, 3.63) is 35.4 Å². The Morgan fingerprint density at radius 3 is 2.35 bits per heavy atom. The van der Waals surface area contributed by atoms with Crippen LogP contribution in [0, 0.1) is 11.6 Å². The van der Waals surface area contributed by atoms with Crippen LogP contribution >= 0.6 is 0 Å². The fourth-order valence-electron chi connectivity index (χ4n) is 1.27. The van der Waals surface area contributed by atoms with Crippen molar-refractivity contribution in [3.63, 3.8) is 0 Å². The molecule has 0 aliphatic rings. The van der Waals surface area contributed by atoms with E-state index in [1.54, 1.807) is 0 Å². The molecule has 0 saturated heterocycles. The molecule has 0 radical (unpaired) electrons. The summed E-state index contributed by atoms with van der Waals surface area (Å²) in [5.41, 5.74) is 4.24. The first-order valence-electron chi connectivity index (χ1n) is 4.67. The van der Waals surface area contributed by atoms with E-state index in [-0.39, 0.29) is 0 Å². The quantitative estimate of drug-likeness (QED) is 0.814. The number of rotatable bonds is 3. The first kappa shape index (κ1) is 13.9. The minimum absolute atomic E-state index is 0.537. The van der Waals surface area contributed by atoms with Gasteiger partial charge in [0.05, 0.1) is 6.10 Å². The van der Waals surface area contributed by atoms with Gasteiger partial charge in [0.1, 0.15) is 17.7 Å². The fourth-order valence-corrected chi connectivity index (χ4v) is 1.27. The number of hydrogen-bond donors (Lipinski definition) is 2. The lowest BCUT2D eigenvalue weighted by atomic mass is 10.0. The van der Waals surface area contributed by atoms with E-state index in [0.717, 1.165) is 12.1 Å². The summed E-state index contributed by atoms with van der Waals surface area (Å²) in [7, 11) is 0. The van der Waals surface area contributed by atoms with Crippen LogP contribution in [0.5, 0.6) is 0 Å². The molecular formula is C10H10F5NO. The van der Waals surface area contributed by atoms with E-state index >= 15 is 0 Å². The van der Waals surface area contributed by atoms with Crippen LogP contribution in [0.25, 0.3) is 0 Å². The SMILES string of the molecule is N[C@@H](C[C@@H](O)c1cc(F)ccc1F)C(F)(F)F. The first-order chi connectivity index (χ1) is 7.71. The molecule has 2 nitrogen and oxygen atoms in total. The number of nitrogens with two attached hydrogens (primary N) is 1. The Bertz CT molecular complexity index is 393. The van der Waals surface area contributed by atoms with Gasteiger partial charge in [0.15, 0.2) is 0 Å². The third-order valence-corrected chi connectivity index (χ3v) is 2.21. The van der Waals surface area contributed by atoms with E-state index in [0.29, 0.717) is 6.07 Å². The van der Waals surface area contributed by atoms with Crippen molar-refractivity contribution in [1.82, 2.24) is 0 Å². The highest BCUT2D eigenvalue weighted by Gasteiger charge is 2.38.